The second-order valence-corrected chi connectivity index (χ2v) is 3.60. The van der Waals surface area contributed by atoms with Gasteiger partial charge >= 0.3 is 5.97 Å². The van der Waals surface area contributed by atoms with Gasteiger partial charge in [-0.1, -0.05) is 25.1 Å². The number of para-hydroxylation sites is 1. The zero-order valence-electron chi connectivity index (χ0n) is 9.81. The van der Waals surface area contributed by atoms with E-state index in [4.69, 9.17) is 9.47 Å². The van der Waals surface area contributed by atoms with Crippen LogP contribution in [-0.4, -0.2) is 19.2 Å². The van der Waals surface area contributed by atoms with Crippen LogP contribution in [0.1, 0.15) is 20.3 Å². The minimum Gasteiger partial charge on any atom is -0.494 e. The van der Waals surface area contributed by atoms with Gasteiger partial charge in [0.05, 0.1) is 19.1 Å². The van der Waals surface area contributed by atoms with Gasteiger partial charge in [-0.2, -0.15) is 0 Å². The molecule has 3 nitrogen and oxygen atoms in total. The van der Waals surface area contributed by atoms with E-state index in [9.17, 15) is 4.79 Å². The highest BCUT2D eigenvalue weighted by atomic mass is 16.5. The third-order valence-corrected chi connectivity index (χ3v) is 2.25. The summed E-state index contributed by atoms with van der Waals surface area (Å²) in [5.41, 5.74) is 0. The van der Waals surface area contributed by atoms with Crippen molar-refractivity contribution in [1.82, 2.24) is 0 Å². The summed E-state index contributed by atoms with van der Waals surface area (Å²) in [7, 11) is 0. The second kappa shape index (κ2) is 6.88. The van der Waals surface area contributed by atoms with E-state index < -0.39 is 0 Å². The van der Waals surface area contributed by atoms with E-state index in [0.29, 0.717) is 19.6 Å². The van der Waals surface area contributed by atoms with Gasteiger partial charge < -0.3 is 9.47 Å². The largest absolute Gasteiger partial charge is 0.494 e. The Hall–Kier alpha value is -1.51. The van der Waals surface area contributed by atoms with E-state index in [0.717, 1.165) is 5.75 Å². The molecule has 1 unspecified atom stereocenters. The Morgan fingerprint density at radius 2 is 2.00 bits per heavy atom. The summed E-state index contributed by atoms with van der Waals surface area (Å²) in [6, 6.07) is 9.58. The van der Waals surface area contributed by atoms with Gasteiger partial charge in [-0.3, -0.25) is 4.79 Å². The highest BCUT2D eigenvalue weighted by molar-refractivity contribution is 5.71. The highest BCUT2D eigenvalue weighted by Crippen LogP contribution is 2.11. The summed E-state index contributed by atoms with van der Waals surface area (Å²) in [6.45, 7) is 4.63. The van der Waals surface area contributed by atoms with Crippen LogP contribution in [0.3, 0.4) is 0 Å². The smallest absolute Gasteiger partial charge is 0.308 e. The van der Waals surface area contributed by atoms with E-state index in [1.54, 1.807) is 0 Å². The molecule has 0 fully saturated rings. The summed E-state index contributed by atoms with van der Waals surface area (Å²) in [4.78, 5) is 11.3. The molecule has 0 spiro atoms. The van der Waals surface area contributed by atoms with Crippen LogP contribution in [0.2, 0.25) is 0 Å². The third-order valence-electron chi connectivity index (χ3n) is 2.25. The van der Waals surface area contributed by atoms with Gasteiger partial charge in [-0.15, -0.1) is 0 Å². The topological polar surface area (TPSA) is 35.5 Å². The summed E-state index contributed by atoms with van der Waals surface area (Å²) >= 11 is 0. The molecule has 0 aliphatic rings. The SMILES string of the molecule is CCOC(=O)C(C)CCOc1ccccc1. The van der Waals surface area contributed by atoms with Crippen molar-refractivity contribution in [1.29, 1.82) is 0 Å². The first-order valence-corrected chi connectivity index (χ1v) is 5.58. The van der Waals surface area contributed by atoms with Gasteiger partial charge in [0.1, 0.15) is 5.75 Å². The summed E-state index contributed by atoms with van der Waals surface area (Å²) in [6.07, 6.45) is 0.674. The molecule has 0 saturated heterocycles. The van der Waals surface area contributed by atoms with Crippen LogP contribution in [0.4, 0.5) is 0 Å². The van der Waals surface area contributed by atoms with Crippen molar-refractivity contribution in [3.8, 4) is 5.75 Å². The lowest BCUT2D eigenvalue weighted by molar-refractivity contribution is -0.147. The number of ether oxygens (including phenoxy) is 2. The molecule has 3 heteroatoms. The average Bonchev–Trinajstić information content (AvgIpc) is 2.30. The highest BCUT2D eigenvalue weighted by Gasteiger charge is 2.13. The first kappa shape index (κ1) is 12.6. The minimum atomic E-state index is -0.154. The zero-order chi connectivity index (χ0) is 11.8. The summed E-state index contributed by atoms with van der Waals surface area (Å²) in [5, 5.41) is 0. The molecule has 1 rings (SSSR count). The number of hydrogen-bond donors (Lipinski definition) is 0. The Labute approximate surface area is 96.4 Å². The summed E-state index contributed by atoms with van der Waals surface area (Å²) in [5.74, 6) is 0.571. The van der Waals surface area contributed by atoms with Crippen molar-refractivity contribution >= 4 is 5.97 Å². The van der Waals surface area contributed by atoms with Crippen LogP contribution in [0.15, 0.2) is 30.3 Å². The quantitative estimate of drug-likeness (QED) is 0.694. The van der Waals surface area contributed by atoms with Crippen molar-refractivity contribution in [2.45, 2.75) is 20.3 Å². The van der Waals surface area contributed by atoms with E-state index >= 15 is 0 Å². The van der Waals surface area contributed by atoms with Gasteiger partial charge in [-0.05, 0) is 25.5 Å². The average molecular weight is 222 g/mol. The molecular formula is C13H18O3. The Bertz CT molecular complexity index is 308. The number of rotatable bonds is 6. The normalized spacial score (nSPS) is 11.9. The van der Waals surface area contributed by atoms with Gasteiger partial charge in [0.25, 0.3) is 0 Å². The number of hydrogen-bond acceptors (Lipinski definition) is 3. The Morgan fingerprint density at radius 1 is 1.31 bits per heavy atom. The lowest BCUT2D eigenvalue weighted by Crippen LogP contribution is -2.17. The second-order valence-electron chi connectivity index (χ2n) is 3.60. The molecule has 0 heterocycles. The number of carbonyl (C=O) groups excluding carboxylic acids is 1. The van der Waals surface area contributed by atoms with Crippen molar-refractivity contribution in [3.05, 3.63) is 30.3 Å². The van der Waals surface area contributed by atoms with E-state index in [1.807, 2.05) is 44.2 Å². The van der Waals surface area contributed by atoms with Crippen LogP contribution < -0.4 is 4.74 Å². The Morgan fingerprint density at radius 3 is 2.62 bits per heavy atom. The lowest BCUT2D eigenvalue weighted by Gasteiger charge is -2.11. The molecule has 1 atom stereocenters. The minimum absolute atomic E-state index is 0.108. The molecule has 0 N–H and O–H groups in total. The maximum absolute atomic E-state index is 11.3. The van der Waals surface area contributed by atoms with Crippen LogP contribution in [0.5, 0.6) is 5.75 Å². The van der Waals surface area contributed by atoms with E-state index in [-0.39, 0.29) is 11.9 Å². The fraction of sp³-hybridized carbons (Fsp3) is 0.462. The predicted octanol–water partition coefficient (Wildman–Crippen LogP) is 2.65. The lowest BCUT2D eigenvalue weighted by atomic mass is 10.1. The molecule has 0 saturated carbocycles. The van der Waals surface area contributed by atoms with E-state index in [2.05, 4.69) is 0 Å². The molecule has 0 aliphatic heterocycles. The van der Waals surface area contributed by atoms with Crippen LogP contribution in [-0.2, 0) is 9.53 Å². The molecule has 0 bridgehead atoms. The van der Waals surface area contributed by atoms with Crippen LogP contribution in [0.25, 0.3) is 0 Å². The first-order valence-electron chi connectivity index (χ1n) is 5.58. The third kappa shape index (κ3) is 4.34. The molecule has 88 valence electrons. The first-order chi connectivity index (χ1) is 7.74. The van der Waals surface area contributed by atoms with Crippen molar-refractivity contribution in [2.24, 2.45) is 5.92 Å². The molecule has 0 aromatic heterocycles. The van der Waals surface area contributed by atoms with Gasteiger partial charge in [-0.25, -0.2) is 0 Å². The van der Waals surface area contributed by atoms with Crippen molar-refractivity contribution in [2.75, 3.05) is 13.2 Å². The molecule has 0 aliphatic carbocycles. The monoisotopic (exact) mass is 222 g/mol. The zero-order valence-corrected chi connectivity index (χ0v) is 9.81. The maximum atomic E-state index is 11.3. The van der Waals surface area contributed by atoms with Gasteiger partial charge in [0.15, 0.2) is 0 Å². The van der Waals surface area contributed by atoms with Crippen LogP contribution >= 0.6 is 0 Å². The standard InChI is InChI=1S/C13H18O3/c1-3-15-13(14)11(2)9-10-16-12-7-5-4-6-8-12/h4-8,11H,3,9-10H2,1-2H3. The fourth-order valence-corrected chi connectivity index (χ4v) is 1.27. The number of benzene rings is 1. The predicted molar refractivity (Wildman–Crippen MR) is 62.4 cm³/mol. The molecule has 16 heavy (non-hydrogen) atoms. The van der Waals surface area contributed by atoms with Crippen molar-refractivity contribution < 1.29 is 14.3 Å². The molecule has 1 aromatic carbocycles. The van der Waals surface area contributed by atoms with Gasteiger partial charge in [0, 0.05) is 0 Å². The summed E-state index contributed by atoms with van der Waals surface area (Å²) < 4.78 is 10.4. The molecule has 0 radical (unpaired) electrons. The number of carbonyl (C=O) groups is 1. The van der Waals surface area contributed by atoms with E-state index in [1.165, 1.54) is 0 Å². The molecular weight excluding hydrogens is 204 g/mol. The van der Waals surface area contributed by atoms with Crippen molar-refractivity contribution in [3.63, 3.8) is 0 Å². The maximum Gasteiger partial charge on any atom is 0.308 e. The Kier molecular flexibility index (Phi) is 5.40. The molecule has 1 aromatic rings. The fourth-order valence-electron chi connectivity index (χ4n) is 1.27. The Balaban J connectivity index is 2.23. The number of esters is 1. The van der Waals surface area contributed by atoms with Crippen LogP contribution in [0, 0.1) is 5.92 Å². The molecule has 0 amide bonds. The van der Waals surface area contributed by atoms with Gasteiger partial charge in [0.2, 0.25) is 0 Å².